The van der Waals surface area contributed by atoms with E-state index in [4.69, 9.17) is 0 Å². The van der Waals surface area contributed by atoms with E-state index in [1.807, 2.05) is 51.1 Å². The molecule has 3 aromatic rings. The van der Waals surface area contributed by atoms with Crippen LogP contribution in [0, 0.1) is 0 Å². The van der Waals surface area contributed by atoms with Crippen molar-refractivity contribution in [2.45, 2.75) is 39.0 Å². The lowest BCUT2D eigenvalue weighted by atomic mass is 9.94. The largest absolute Gasteiger partial charge is 0.332 e. The van der Waals surface area contributed by atoms with E-state index in [1.165, 1.54) is 11.6 Å². The number of rotatable bonds is 5. The summed E-state index contributed by atoms with van der Waals surface area (Å²) in [4.78, 5) is 42.8. The first-order valence-electron chi connectivity index (χ1n) is 9.72. The van der Waals surface area contributed by atoms with Crippen molar-refractivity contribution in [2.24, 2.45) is 14.1 Å². The highest BCUT2D eigenvalue weighted by Gasteiger charge is 2.24. The van der Waals surface area contributed by atoms with Gasteiger partial charge in [-0.25, -0.2) is 9.78 Å². The maximum Gasteiger partial charge on any atom is 0.332 e. The maximum absolute atomic E-state index is 13.2. The second-order valence-electron chi connectivity index (χ2n) is 7.51. The highest BCUT2D eigenvalue weighted by molar-refractivity contribution is 6.03. The van der Waals surface area contributed by atoms with E-state index in [0.29, 0.717) is 12.1 Å². The van der Waals surface area contributed by atoms with Crippen LogP contribution in [0.4, 0.5) is 5.69 Å². The smallest absolute Gasteiger partial charge is 0.324 e. The monoisotopic (exact) mass is 394 g/mol. The number of nitrogens with zero attached hydrogens (tertiary/aromatic N) is 3. The van der Waals surface area contributed by atoms with E-state index in [1.54, 1.807) is 13.2 Å². The molecule has 7 nitrogen and oxygen atoms in total. The van der Waals surface area contributed by atoms with Crippen LogP contribution in [0.3, 0.4) is 0 Å². The standard InChI is InChI=1S/C22H26N4O3/c1-6-15(14-10-8-7-9-11-14)20(27)24-18-16(13(2)3)12-23-19-17(18)21(28)26(5)22(29)25(19)4/h7-13,15H,6H2,1-5H3,(H,23,24,27). The number of pyridine rings is 1. The van der Waals surface area contributed by atoms with Gasteiger partial charge in [-0.1, -0.05) is 51.1 Å². The van der Waals surface area contributed by atoms with Gasteiger partial charge in [0.25, 0.3) is 5.56 Å². The van der Waals surface area contributed by atoms with Gasteiger partial charge in [0.2, 0.25) is 5.91 Å². The highest BCUT2D eigenvalue weighted by atomic mass is 16.2. The van der Waals surface area contributed by atoms with Crippen LogP contribution in [0.5, 0.6) is 0 Å². The number of fused-ring (bicyclic) bond motifs is 1. The van der Waals surface area contributed by atoms with E-state index >= 15 is 0 Å². The van der Waals surface area contributed by atoms with Gasteiger partial charge in [0.15, 0.2) is 5.65 Å². The Morgan fingerprint density at radius 2 is 1.76 bits per heavy atom. The fourth-order valence-corrected chi connectivity index (χ4v) is 3.58. The minimum Gasteiger partial charge on any atom is -0.324 e. The zero-order chi connectivity index (χ0) is 21.3. The van der Waals surface area contributed by atoms with Crippen molar-refractivity contribution >= 4 is 22.6 Å². The van der Waals surface area contributed by atoms with Gasteiger partial charge in [0.05, 0.1) is 11.6 Å². The molecule has 3 rings (SSSR count). The van der Waals surface area contributed by atoms with Crippen LogP contribution >= 0.6 is 0 Å². The van der Waals surface area contributed by atoms with Gasteiger partial charge >= 0.3 is 5.69 Å². The van der Waals surface area contributed by atoms with Crippen LogP contribution in [0.15, 0.2) is 46.1 Å². The SMILES string of the molecule is CCC(C(=O)Nc1c(C(C)C)cnc2c1c(=O)n(C)c(=O)n2C)c1ccccc1. The van der Waals surface area contributed by atoms with Crippen LogP contribution in [0.1, 0.15) is 50.2 Å². The van der Waals surface area contributed by atoms with Crippen LogP contribution < -0.4 is 16.6 Å². The molecule has 0 aliphatic heterocycles. The Morgan fingerprint density at radius 3 is 2.34 bits per heavy atom. The summed E-state index contributed by atoms with van der Waals surface area (Å²) in [5, 5.41) is 3.24. The third kappa shape index (κ3) is 3.60. The lowest BCUT2D eigenvalue weighted by Crippen LogP contribution is -2.38. The van der Waals surface area contributed by atoms with Gasteiger partial charge in [-0.15, -0.1) is 0 Å². The molecule has 1 amide bonds. The molecule has 0 saturated heterocycles. The lowest BCUT2D eigenvalue weighted by molar-refractivity contribution is -0.117. The number of nitrogens with one attached hydrogen (secondary N) is 1. The molecule has 0 aliphatic carbocycles. The van der Waals surface area contributed by atoms with Crippen molar-refractivity contribution in [3.63, 3.8) is 0 Å². The topological polar surface area (TPSA) is 86.0 Å². The molecule has 1 atom stereocenters. The van der Waals surface area contributed by atoms with Crippen molar-refractivity contribution in [3.8, 4) is 0 Å². The van der Waals surface area contributed by atoms with Crippen LogP contribution in [0.2, 0.25) is 0 Å². The minimum atomic E-state index is -0.471. The Hall–Kier alpha value is -3.22. The number of aryl methyl sites for hydroxylation is 1. The van der Waals surface area contributed by atoms with Gasteiger partial charge in [0.1, 0.15) is 5.39 Å². The molecule has 0 radical (unpaired) electrons. The second kappa shape index (κ2) is 8.03. The quantitative estimate of drug-likeness (QED) is 0.721. The average Bonchev–Trinajstić information content (AvgIpc) is 2.71. The number of hydrogen-bond donors (Lipinski definition) is 1. The first-order valence-corrected chi connectivity index (χ1v) is 9.72. The molecule has 0 fully saturated rings. The zero-order valence-electron chi connectivity index (χ0n) is 17.4. The molecule has 2 aromatic heterocycles. The number of aromatic nitrogens is 3. The summed E-state index contributed by atoms with van der Waals surface area (Å²) >= 11 is 0. The predicted molar refractivity (Wildman–Crippen MR) is 114 cm³/mol. The summed E-state index contributed by atoms with van der Waals surface area (Å²) in [6.45, 7) is 5.90. The summed E-state index contributed by atoms with van der Waals surface area (Å²) in [5.74, 6) is -0.513. The van der Waals surface area contributed by atoms with Crippen molar-refractivity contribution < 1.29 is 4.79 Å². The number of carbonyl (C=O) groups is 1. The Bertz CT molecular complexity index is 1180. The lowest BCUT2D eigenvalue weighted by Gasteiger charge is -2.20. The third-order valence-corrected chi connectivity index (χ3v) is 5.30. The number of anilines is 1. The summed E-state index contributed by atoms with van der Waals surface area (Å²) < 4.78 is 2.36. The van der Waals surface area contributed by atoms with Gasteiger partial charge in [0, 0.05) is 20.3 Å². The fraction of sp³-hybridized carbons (Fsp3) is 0.364. The molecule has 0 aliphatic rings. The fourth-order valence-electron chi connectivity index (χ4n) is 3.58. The summed E-state index contributed by atoms with van der Waals surface area (Å²) in [6, 6.07) is 9.55. The molecule has 1 unspecified atom stereocenters. The molecule has 0 bridgehead atoms. The molecular formula is C22H26N4O3. The van der Waals surface area contributed by atoms with E-state index in [2.05, 4.69) is 10.3 Å². The molecule has 152 valence electrons. The second-order valence-corrected chi connectivity index (χ2v) is 7.51. The molecule has 1 aromatic carbocycles. The van der Waals surface area contributed by atoms with Crippen LogP contribution in [-0.2, 0) is 18.9 Å². The van der Waals surface area contributed by atoms with Crippen molar-refractivity contribution in [1.82, 2.24) is 14.1 Å². The van der Waals surface area contributed by atoms with Crippen molar-refractivity contribution in [1.29, 1.82) is 0 Å². The molecule has 0 spiro atoms. The van der Waals surface area contributed by atoms with E-state index in [9.17, 15) is 14.4 Å². The van der Waals surface area contributed by atoms with E-state index in [0.717, 1.165) is 15.7 Å². The van der Waals surface area contributed by atoms with E-state index in [-0.39, 0.29) is 28.8 Å². The summed E-state index contributed by atoms with van der Waals surface area (Å²) in [5.41, 5.74) is 1.43. The van der Waals surface area contributed by atoms with Crippen LogP contribution in [-0.4, -0.2) is 20.0 Å². The number of carbonyl (C=O) groups excluding carboxylic acids is 1. The third-order valence-electron chi connectivity index (χ3n) is 5.30. The van der Waals surface area contributed by atoms with Crippen molar-refractivity contribution in [2.75, 3.05) is 5.32 Å². The molecule has 29 heavy (non-hydrogen) atoms. The predicted octanol–water partition coefficient (Wildman–Crippen LogP) is 2.89. The first kappa shape index (κ1) is 20.5. The molecular weight excluding hydrogens is 368 g/mol. The number of hydrogen-bond acceptors (Lipinski definition) is 4. The van der Waals surface area contributed by atoms with Gasteiger partial charge in [-0.05, 0) is 23.5 Å². The van der Waals surface area contributed by atoms with Gasteiger partial charge < -0.3 is 5.32 Å². The van der Waals surface area contributed by atoms with Gasteiger partial charge in [-0.2, -0.15) is 0 Å². The molecule has 1 N–H and O–H groups in total. The van der Waals surface area contributed by atoms with E-state index < -0.39 is 11.2 Å². The van der Waals surface area contributed by atoms with Crippen LogP contribution in [0.25, 0.3) is 11.0 Å². The average molecular weight is 394 g/mol. The highest BCUT2D eigenvalue weighted by Crippen LogP contribution is 2.30. The molecule has 2 heterocycles. The Morgan fingerprint density at radius 1 is 1.10 bits per heavy atom. The summed E-state index contributed by atoms with van der Waals surface area (Å²) in [7, 11) is 2.99. The normalized spacial score (nSPS) is 12.3. The Kier molecular flexibility index (Phi) is 5.68. The minimum absolute atomic E-state index is 0.0287. The molecule has 0 saturated carbocycles. The van der Waals surface area contributed by atoms with Crippen molar-refractivity contribution in [3.05, 3.63) is 68.5 Å². The Labute approximate surface area is 169 Å². The Balaban J connectivity index is 2.22. The zero-order valence-corrected chi connectivity index (χ0v) is 17.4. The summed E-state index contributed by atoms with van der Waals surface area (Å²) in [6.07, 6.45) is 2.25. The number of amides is 1. The number of benzene rings is 1. The molecule has 7 heteroatoms. The maximum atomic E-state index is 13.2. The van der Waals surface area contributed by atoms with Gasteiger partial charge in [-0.3, -0.25) is 18.7 Å². The first-order chi connectivity index (χ1) is 13.8.